The Morgan fingerprint density at radius 3 is 2.52 bits per heavy atom. The van der Waals surface area contributed by atoms with Crippen LogP contribution in [0.5, 0.6) is 5.75 Å². The van der Waals surface area contributed by atoms with Crippen LogP contribution in [-0.2, 0) is 0 Å². The zero-order valence-electron chi connectivity index (χ0n) is 15.3. The minimum absolute atomic E-state index is 0.0986. The highest BCUT2D eigenvalue weighted by molar-refractivity contribution is 6.07. The lowest BCUT2D eigenvalue weighted by Crippen LogP contribution is -2.18. The number of fused-ring (bicyclic) bond motifs is 2. The van der Waals surface area contributed by atoms with Gasteiger partial charge in [0.1, 0.15) is 17.0 Å². The quantitative estimate of drug-likeness (QED) is 0.465. The average Bonchev–Trinajstić information content (AvgIpc) is 2.99. The average molecular weight is 401 g/mol. The molecular formula is C21H14F3NO4. The third kappa shape index (κ3) is 3.26. The number of aryl methyl sites for hydroxylation is 2. The Labute approximate surface area is 162 Å². The molecule has 0 amide bonds. The molecule has 8 heteroatoms. The minimum atomic E-state index is -4.97. The Bertz CT molecular complexity index is 1270. The Morgan fingerprint density at radius 2 is 1.86 bits per heavy atom. The number of para-hydroxylation sites is 1. The number of nitrogens with zero attached hydrogens (tertiary/aromatic N) is 1. The van der Waals surface area contributed by atoms with Gasteiger partial charge in [-0.1, -0.05) is 24.3 Å². The van der Waals surface area contributed by atoms with Crippen LogP contribution in [0.4, 0.5) is 13.2 Å². The van der Waals surface area contributed by atoms with Crippen LogP contribution in [0.25, 0.3) is 33.3 Å². The van der Waals surface area contributed by atoms with Gasteiger partial charge in [0.2, 0.25) is 0 Å². The highest BCUT2D eigenvalue weighted by Crippen LogP contribution is 2.38. The van der Waals surface area contributed by atoms with E-state index >= 15 is 0 Å². The Hall–Kier alpha value is -3.55. The van der Waals surface area contributed by atoms with Crippen LogP contribution in [-0.4, -0.2) is 22.4 Å². The van der Waals surface area contributed by atoms with Crippen molar-refractivity contribution in [1.29, 1.82) is 0 Å². The Kier molecular flexibility index (Phi) is 4.22. The molecule has 4 rings (SSSR count). The monoisotopic (exact) mass is 401 g/mol. The summed E-state index contributed by atoms with van der Waals surface area (Å²) in [4.78, 5) is 16.3. The summed E-state index contributed by atoms with van der Waals surface area (Å²) in [5.74, 6) is -1.65. The third-order valence-corrected chi connectivity index (χ3v) is 4.66. The molecule has 5 nitrogen and oxygen atoms in total. The molecular weight excluding hydrogens is 387 g/mol. The number of hydrogen-bond acceptors (Lipinski definition) is 4. The zero-order valence-corrected chi connectivity index (χ0v) is 15.3. The summed E-state index contributed by atoms with van der Waals surface area (Å²) < 4.78 is 48.3. The first-order chi connectivity index (χ1) is 13.7. The molecule has 1 N–H and O–H groups in total. The predicted octanol–water partition coefficient (Wildman–Crippen LogP) is 5.86. The molecule has 0 radical (unpaired) electrons. The topological polar surface area (TPSA) is 72.6 Å². The summed E-state index contributed by atoms with van der Waals surface area (Å²) in [6.07, 6.45) is -4.97. The molecule has 0 atom stereocenters. The van der Waals surface area contributed by atoms with E-state index in [-0.39, 0.29) is 22.2 Å². The van der Waals surface area contributed by atoms with Crippen molar-refractivity contribution in [1.82, 2.24) is 4.98 Å². The summed E-state index contributed by atoms with van der Waals surface area (Å²) in [5, 5.41) is 10.3. The van der Waals surface area contributed by atoms with E-state index in [1.54, 1.807) is 19.1 Å². The van der Waals surface area contributed by atoms with E-state index < -0.39 is 18.1 Å². The molecule has 0 aliphatic rings. The summed E-state index contributed by atoms with van der Waals surface area (Å²) in [6.45, 7) is 3.44. The number of pyridine rings is 1. The van der Waals surface area contributed by atoms with E-state index in [2.05, 4.69) is 9.72 Å². The smallest absolute Gasteiger partial charge is 0.478 e. The number of rotatable bonds is 3. The van der Waals surface area contributed by atoms with E-state index in [1.165, 1.54) is 12.1 Å². The van der Waals surface area contributed by atoms with Crippen molar-refractivity contribution in [2.24, 2.45) is 0 Å². The van der Waals surface area contributed by atoms with E-state index in [0.29, 0.717) is 16.9 Å². The third-order valence-electron chi connectivity index (χ3n) is 4.66. The van der Waals surface area contributed by atoms with Crippen molar-refractivity contribution in [3.05, 3.63) is 59.2 Å². The van der Waals surface area contributed by atoms with Gasteiger partial charge in [0.25, 0.3) is 0 Å². The lowest BCUT2D eigenvalue weighted by molar-refractivity contribution is -0.274. The van der Waals surface area contributed by atoms with Gasteiger partial charge in [-0.3, -0.25) is 0 Å². The van der Waals surface area contributed by atoms with Crippen molar-refractivity contribution in [2.45, 2.75) is 20.2 Å². The van der Waals surface area contributed by atoms with E-state index in [1.807, 2.05) is 19.1 Å². The van der Waals surface area contributed by atoms with Gasteiger partial charge in [-0.15, -0.1) is 13.2 Å². The van der Waals surface area contributed by atoms with Gasteiger partial charge < -0.3 is 14.3 Å². The normalized spacial score (nSPS) is 11.9. The number of hydrogen-bond donors (Lipinski definition) is 1. The first kappa shape index (κ1) is 18.8. The fourth-order valence-electron chi connectivity index (χ4n) is 3.36. The van der Waals surface area contributed by atoms with Gasteiger partial charge in [-0.05, 0) is 37.6 Å². The lowest BCUT2D eigenvalue weighted by Gasteiger charge is -2.15. The van der Waals surface area contributed by atoms with Gasteiger partial charge in [0, 0.05) is 10.9 Å². The van der Waals surface area contributed by atoms with Crippen molar-refractivity contribution >= 4 is 27.8 Å². The standard InChI is InChI=1S/C21H14F3NO4/c1-10-7-8-16(29-21(22,23)24)17-13(20(26)27)9-14(25-18(10)17)19-11(2)12-5-3-4-6-15(12)28-19/h3-9H,1-2H3,(H,26,27). The van der Waals surface area contributed by atoms with Crippen molar-refractivity contribution in [3.63, 3.8) is 0 Å². The second-order valence-electron chi connectivity index (χ2n) is 6.56. The summed E-state index contributed by atoms with van der Waals surface area (Å²) >= 11 is 0. The summed E-state index contributed by atoms with van der Waals surface area (Å²) in [5.41, 5.74) is 1.83. The number of ether oxygens (including phenoxy) is 1. The van der Waals surface area contributed by atoms with Crippen LogP contribution in [0.2, 0.25) is 0 Å². The van der Waals surface area contributed by atoms with Crippen LogP contribution in [0.3, 0.4) is 0 Å². The molecule has 2 aromatic heterocycles. The second-order valence-corrected chi connectivity index (χ2v) is 6.56. The van der Waals surface area contributed by atoms with Crippen molar-refractivity contribution in [2.75, 3.05) is 0 Å². The van der Waals surface area contributed by atoms with Gasteiger partial charge in [-0.2, -0.15) is 0 Å². The summed E-state index contributed by atoms with van der Waals surface area (Å²) in [7, 11) is 0. The maximum absolute atomic E-state index is 12.8. The molecule has 0 saturated heterocycles. The second kappa shape index (κ2) is 6.51. The maximum atomic E-state index is 12.8. The molecule has 0 aliphatic heterocycles. The fraction of sp³-hybridized carbons (Fsp3) is 0.143. The molecule has 0 fully saturated rings. The maximum Gasteiger partial charge on any atom is 0.573 e. The van der Waals surface area contributed by atoms with Crippen LogP contribution >= 0.6 is 0 Å². The largest absolute Gasteiger partial charge is 0.573 e. The van der Waals surface area contributed by atoms with Crippen molar-refractivity contribution < 1.29 is 32.2 Å². The van der Waals surface area contributed by atoms with Crippen molar-refractivity contribution in [3.8, 4) is 17.2 Å². The fourth-order valence-corrected chi connectivity index (χ4v) is 3.36. The minimum Gasteiger partial charge on any atom is -0.478 e. The van der Waals surface area contributed by atoms with Gasteiger partial charge in [-0.25, -0.2) is 9.78 Å². The number of carbonyl (C=O) groups is 1. The number of carboxylic acids is 1. The number of carboxylic acid groups (broad SMARTS) is 1. The Balaban J connectivity index is 2.04. The number of furan rings is 1. The van der Waals surface area contributed by atoms with Crippen LogP contribution in [0, 0.1) is 13.8 Å². The first-order valence-electron chi connectivity index (χ1n) is 8.57. The number of halogens is 3. The zero-order chi connectivity index (χ0) is 20.9. The van der Waals surface area contributed by atoms with Gasteiger partial charge in [0.05, 0.1) is 16.5 Å². The molecule has 0 spiro atoms. The first-order valence-corrected chi connectivity index (χ1v) is 8.57. The molecule has 0 saturated carbocycles. The van der Waals surface area contributed by atoms with E-state index in [0.717, 1.165) is 17.0 Å². The van der Waals surface area contributed by atoms with Crippen LogP contribution < -0.4 is 4.74 Å². The van der Waals surface area contributed by atoms with Crippen LogP contribution in [0.15, 0.2) is 46.9 Å². The molecule has 2 heterocycles. The molecule has 2 aromatic carbocycles. The molecule has 0 unspecified atom stereocenters. The molecule has 29 heavy (non-hydrogen) atoms. The Morgan fingerprint density at radius 1 is 1.14 bits per heavy atom. The van der Waals surface area contributed by atoms with Gasteiger partial charge in [0.15, 0.2) is 5.76 Å². The number of aromatic nitrogens is 1. The lowest BCUT2D eigenvalue weighted by atomic mass is 10.0. The molecule has 0 bridgehead atoms. The van der Waals surface area contributed by atoms with E-state index in [4.69, 9.17) is 4.42 Å². The van der Waals surface area contributed by atoms with Crippen LogP contribution in [0.1, 0.15) is 21.5 Å². The summed E-state index contributed by atoms with van der Waals surface area (Å²) in [6, 6.07) is 11.0. The molecule has 4 aromatic rings. The highest BCUT2D eigenvalue weighted by atomic mass is 19.4. The number of aromatic carboxylic acids is 1. The predicted molar refractivity (Wildman–Crippen MR) is 100 cm³/mol. The van der Waals surface area contributed by atoms with Gasteiger partial charge >= 0.3 is 12.3 Å². The SMILES string of the molecule is Cc1c(-c2cc(C(=O)O)c3c(OC(F)(F)F)ccc(C)c3n2)oc2ccccc12. The van der Waals surface area contributed by atoms with E-state index in [9.17, 15) is 23.1 Å². The number of benzene rings is 2. The number of alkyl halides is 3. The molecule has 0 aliphatic carbocycles. The highest BCUT2D eigenvalue weighted by Gasteiger charge is 2.33. The molecule has 148 valence electrons.